The second-order valence-corrected chi connectivity index (χ2v) is 6.62. The van der Waals surface area contributed by atoms with Crippen molar-refractivity contribution >= 4 is 5.91 Å². The van der Waals surface area contributed by atoms with Crippen LogP contribution >= 0.6 is 0 Å². The lowest BCUT2D eigenvalue weighted by Gasteiger charge is -2.23. The topological polar surface area (TPSA) is 57.3 Å². The maximum Gasteiger partial charge on any atom is 0.276 e. The SMILES string of the molecule is CCc1ccc(C[NH+](C)CC(=O)N[C@@](C)(C#N)C2CC2)cc1. The summed E-state index contributed by atoms with van der Waals surface area (Å²) < 4.78 is 0. The molecule has 2 rings (SSSR count). The first-order valence-corrected chi connectivity index (χ1v) is 8.08. The summed E-state index contributed by atoms with van der Waals surface area (Å²) in [5, 5.41) is 12.2. The lowest BCUT2D eigenvalue weighted by Crippen LogP contribution is -3.09. The van der Waals surface area contributed by atoms with E-state index in [4.69, 9.17) is 0 Å². The van der Waals surface area contributed by atoms with Crippen LogP contribution in [-0.2, 0) is 17.8 Å². The number of amides is 1. The summed E-state index contributed by atoms with van der Waals surface area (Å²) in [6.45, 7) is 5.17. The molecule has 0 radical (unpaired) electrons. The van der Waals surface area contributed by atoms with Crippen LogP contribution in [0.25, 0.3) is 0 Å². The van der Waals surface area contributed by atoms with Gasteiger partial charge in [-0.15, -0.1) is 0 Å². The molecule has 1 saturated carbocycles. The summed E-state index contributed by atoms with van der Waals surface area (Å²) in [7, 11) is 2.01. The predicted molar refractivity (Wildman–Crippen MR) is 86.2 cm³/mol. The smallest absolute Gasteiger partial charge is 0.276 e. The number of nitrogens with zero attached hydrogens (tertiary/aromatic N) is 1. The van der Waals surface area contributed by atoms with Crippen LogP contribution in [0.2, 0.25) is 0 Å². The highest BCUT2D eigenvalue weighted by atomic mass is 16.2. The van der Waals surface area contributed by atoms with E-state index in [0.717, 1.165) is 30.7 Å². The van der Waals surface area contributed by atoms with Crippen molar-refractivity contribution < 1.29 is 9.69 Å². The number of quaternary nitrogens is 1. The van der Waals surface area contributed by atoms with Gasteiger partial charge in [-0.3, -0.25) is 4.79 Å². The van der Waals surface area contributed by atoms with Gasteiger partial charge >= 0.3 is 0 Å². The molecule has 0 heterocycles. The average molecular weight is 300 g/mol. The molecule has 1 aromatic carbocycles. The van der Waals surface area contributed by atoms with Crippen LogP contribution in [-0.4, -0.2) is 25.0 Å². The normalized spacial score (nSPS) is 18.1. The van der Waals surface area contributed by atoms with Crippen LogP contribution < -0.4 is 10.2 Å². The second kappa shape index (κ2) is 6.93. The number of hydrogen-bond acceptors (Lipinski definition) is 2. The van der Waals surface area contributed by atoms with E-state index >= 15 is 0 Å². The van der Waals surface area contributed by atoms with E-state index in [1.54, 1.807) is 0 Å². The average Bonchev–Trinajstić information content (AvgIpc) is 3.32. The minimum atomic E-state index is -0.694. The van der Waals surface area contributed by atoms with Gasteiger partial charge in [-0.05, 0) is 37.7 Å². The maximum atomic E-state index is 12.2. The number of hydrogen-bond donors (Lipinski definition) is 2. The molecule has 1 unspecified atom stereocenters. The zero-order chi connectivity index (χ0) is 16.2. The highest BCUT2D eigenvalue weighted by molar-refractivity contribution is 5.78. The molecule has 1 aliphatic carbocycles. The largest absolute Gasteiger partial charge is 0.333 e. The summed E-state index contributed by atoms with van der Waals surface area (Å²) in [6.07, 6.45) is 3.12. The lowest BCUT2D eigenvalue weighted by molar-refractivity contribution is -0.885. The molecule has 0 bridgehead atoms. The van der Waals surface area contributed by atoms with E-state index in [1.165, 1.54) is 11.1 Å². The van der Waals surface area contributed by atoms with Crippen molar-refractivity contribution in [2.75, 3.05) is 13.6 Å². The first-order chi connectivity index (χ1) is 10.5. The fourth-order valence-corrected chi connectivity index (χ4v) is 2.79. The van der Waals surface area contributed by atoms with Crippen molar-refractivity contribution in [1.82, 2.24) is 5.32 Å². The number of carbonyl (C=O) groups is 1. The summed E-state index contributed by atoms with van der Waals surface area (Å²) in [5.41, 5.74) is 1.86. The van der Waals surface area contributed by atoms with Crippen molar-refractivity contribution in [3.8, 4) is 6.07 Å². The third-order valence-electron chi connectivity index (χ3n) is 4.42. The van der Waals surface area contributed by atoms with Crippen molar-refractivity contribution in [3.63, 3.8) is 0 Å². The highest BCUT2D eigenvalue weighted by Crippen LogP contribution is 2.39. The summed E-state index contributed by atoms with van der Waals surface area (Å²) in [4.78, 5) is 13.3. The first-order valence-electron chi connectivity index (χ1n) is 8.08. The van der Waals surface area contributed by atoms with Crippen LogP contribution in [0.15, 0.2) is 24.3 Å². The molecule has 4 nitrogen and oxygen atoms in total. The van der Waals surface area contributed by atoms with Crippen molar-refractivity contribution in [2.24, 2.45) is 5.92 Å². The van der Waals surface area contributed by atoms with Gasteiger partial charge < -0.3 is 10.2 Å². The van der Waals surface area contributed by atoms with Gasteiger partial charge in [-0.2, -0.15) is 5.26 Å². The monoisotopic (exact) mass is 300 g/mol. The molecule has 2 atom stereocenters. The van der Waals surface area contributed by atoms with E-state index in [0.29, 0.717) is 12.5 Å². The quantitative estimate of drug-likeness (QED) is 0.791. The van der Waals surface area contributed by atoms with Gasteiger partial charge in [-0.25, -0.2) is 0 Å². The Kier molecular flexibility index (Phi) is 5.20. The van der Waals surface area contributed by atoms with Gasteiger partial charge in [0.05, 0.1) is 13.1 Å². The van der Waals surface area contributed by atoms with E-state index in [-0.39, 0.29) is 5.91 Å². The Morgan fingerprint density at radius 2 is 1.95 bits per heavy atom. The van der Waals surface area contributed by atoms with Crippen molar-refractivity contribution in [2.45, 2.75) is 45.2 Å². The Morgan fingerprint density at radius 3 is 2.45 bits per heavy atom. The molecule has 4 heteroatoms. The van der Waals surface area contributed by atoms with E-state index < -0.39 is 5.54 Å². The van der Waals surface area contributed by atoms with Gasteiger partial charge in [0.1, 0.15) is 12.1 Å². The molecule has 0 spiro atoms. The molecule has 2 N–H and O–H groups in total. The Balaban J connectivity index is 1.84. The standard InChI is InChI=1S/C18H25N3O/c1-4-14-5-7-15(8-6-14)11-21(3)12-17(22)20-18(2,13-19)16-9-10-16/h5-8,16H,4,9-12H2,1-3H3,(H,20,22)/p+1/t18-/m0/s1. The molecule has 0 aromatic heterocycles. The zero-order valence-electron chi connectivity index (χ0n) is 13.8. The molecule has 0 aliphatic heterocycles. The minimum absolute atomic E-state index is 0.0429. The molecule has 22 heavy (non-hydrogen) atoms. The van der Waals surface area contributed by atoms with E-state index in [9.17, 15) is 10.1 Å². The summed E-state index contributed by atoms with van der Waals surface area (Å²) in [6, 6.07) is 10.8. The molecule has 1 amide bonds. The molecule has 1 fully saturated rings. The van der Waals surface area contributed by atoms with Crippen LogP contribution in [0.1, 0.15) is 37.8 Å². The third-order valence-corrected chi connectivity index (χ3v) is 4.42. The fraction of sp³-hybridized carbons (Fsp3) is 0.556. The van der Waals surface area contributed by atoms with Crippen molar-refractivity contribution in [3.05, 3.63) is 35.4 Å². The number of nitrogens with one attached hydrogen (secondary N) is 2. The zero-order valence-corrected chi connectivity index (χ0v) is 13.8. The second-order valence-electron chi connectivity index (χ2n) is 6.62. The van der Waals surface area contributed by atoms with Gasteiger partial charge in [0.2, 0.25) is 0 Å². The molecular formula is C18H26N3O+. The molecule has 0 saturated heterocycles. The summed E-state index contributed by atoms with van der Waals surface area (Å²) in [5.74, 6) is 0.280. The highest BCUT2D eigenvalue weighted by Gasteiger charge is 2.43. The van der Waals surface area contributed by atoms with E-state index in [1.807, 2.05) is 14.0 Å². The molecule has 118 valence electrons. The van der Waals surface area contributed by atoms with Gasteiger partial charge in [0, 0.05) is 5.56 Å². The number of carbonyl (C=O) groups excluding carboxylic acids is 1. The lowest BCUT2D eigenvalue weighted by atomic mass is 9.98. The Hall–Kier alpha value is -1.86. The number of aryl methyl sites for hydroxylation is 1. The van der Waals surface area contributed by atoms with E-state index in [2.05, 4.69) is 42.6 Å². The Morgan fingerprint density at radius 1 is 1.36 bits per heavy atom. The number of benzene rings is 1. The van der Waals surface area contributed by atoms with Gasteiger partial charge in [0.15, 0.2) is 6.54 Å². The predicted octanol–water partition coefficient (Wildman–Crippen LogP) is 1.07. The third kappa shape index (κ3) is 4.32. The number of likely N-dealkylation sites (N-methyl/N-ethyl adjacent to an activating group) is 1. The Bertz CT molecular complexity index is 557. The summed E-state index contributed by atoms with van der Waals surface area (Å²) >= 11 is 0. The fourth-order valence-electron chi connectivity index (χ4n) is 2.79. The van der Waals surface area contributed by atoms with Crippen LogP contribution in [0.3, 0.4) is 0 Å². The minimum Gasteiger partial charge on any atom is -0.333 e. The Labute approximate surface area is 133 Å². The molecule has 1 aromatic rings. The number of rotatable bonds is 7. The van der Waals surface area contributed by atoms with Crippen LogP contribution in [0.4, 0.5) is 0 Å². The van der Waals surface area contributed by atoms with Crippen LogP contribution in [0, 0.1) is 17.2 Å². The molecular weight excluding hydrogens is 274 g/mol. The van der Waals surface area contributed by atoms with Crippen molar-refractivity contribution in [1.29, 1.82) is 5.26 Å². The number of nitriles is 1. The van der Waals surface area contributed by atoms with Gasteiger partial charge in [0.25, 0.3) is 5.91 Å². The molecule has 1 aliphatic rings. The first kappa shape index (κ1) is 16.5. The maximum absolute atomic E-state index is 12.2. The van der Waals surface area contributed by atoms with Crippen LogP contribution in [0.5, 0.6) is 0 Å². The van der Waals surface area contributed by atoms with Gasteiger partial charge in [-0.1, -0.05) is 31.2 Å².